The van der Waals surface area contributed by atoms with Gasteiger partial charge in [0.05, 0.1) is 0 Å². The summed E-state index contributed by atoms with van der Waals surface area (Å²) in [6, 6.07) is 8.25. The maximum Gasteiger partial charge on any atom is 0.410 e. The summed E-state index contributed by atoms with van der Waals surface area (Å²) in [5.41, 5.74) is 8.07. The molecule has 2 aromatic rings. The number of carbonyl (C=O) groups excluding carboxylic acids is 1. The van der Waals surface area contributed by atoms with Crippen molar-refractivity contribution in [3.8, 4) is 0 Å². The Morgan fingerprint density at radius 1 is 1.18 bits per heavy atom. The summed E-state index contributed by atoms with van der Waals surface area (Å²) in [6.45, 7) is 8.78. The summed E-state index contributed by atoms with van der Waals surface area (Å²) in [4.78, 5) is 23.7. The predicted octanol–water partition coefficient (Wildman–Crippen LogP) is 3.20. The molecule has 28 heavy (non-hydrogen) atoms. The third-order valence-corrected chi connectivity index (χ3v) is 4.59. The number of H-pyrrole nitrogens is 1. The lowest BCUT2D eigenvalue weighted by molar-refractivity contribution is 0.0186. The minimum Gasteiger partial charge on any atom is -0.444 e. The van der Waals surface area contributed by atoms with E-state index < -0.39 is 5.60 Å². The van der Waals surface area contributed by atoms with Gasteiger partial charge < -0.3 is 25.3 Å². The molecule has 8 heteroatoms. The first-order valence-electron chi connectivity index (χ1n) is 9.41. The number of piperazine rings is 1. The smallest absolute Gasteiger partial charge is 0.410 e. The first-order chi connectivity index (χ1) is 12.8. The second kappa shape index (κ2) is 9.49. The zero-order valence-corrected chi connectivity index (χ0v) is 19.1. The molecule has 0 unspecified atom stereocenters. The lowest BCUT2D eigenvalue weighted by Crippen LogP contribution is -2.53. The van der Waals surface area contributed by atoms with Gasteiger partial charge in [-0.15, -0.1) is 24.0 Å². The SMILES string of the molecule is CC(C)(C)OC(=O)N1CCN(C(N)=NCCc2c[nH]c3ccccc23)CC1.I. The van der Waals surface area contributed by atoms with Gasteiger partial charge in [-0.25, -0.2) is 4.79 Å². The van der Waals surface area contributed by atoms with E-state index in [0.29, 0.717) is 38.7 Å². The number of guanidine groups is 1. The molecule has 154 valence electrons. The fourth-order valence-corrected chi connectivity index (χ4v) is 3.17. The van der Waals surface area contributed by atoms with Gasteiger partial charge in [-0.1, -0.05) is 18.2 Å². The van der Waals surface area contributed by atoms with E-state index in [-0.39, 0.29) is 30.1 Å². The van der Waals surface area contributed by atoms with Crippen LogP contribution in [-0.2, 0) is 11.2 Å². The molecule has 3 rings (SSSR count). The number of carbonyl (C=O) groups is 1. The van der Waals surface area contributed by atoms with E-state index in [9.17, 15) is 4.79 Å². The van der Waals surface area contributed by atoms with Crippen LogP contribution in [0.3, 0.4) is 0 Å². The van der Waals surface area contributed by atoms with E-state index in [1.807, 2.05) is 44.0 Å². The van der Waals surface area contributed by atoms with E-state index in [1.165, 1.54) is 10.9 Å². The standard InChI is InChI=1S/C20H29N5O2.HI/c1-20(2,3)27-19(26)25-12-10-24(11-13-25)18(21)22-9-8-15-14-23-17-7-5-4-6-16(15)17;/h4-7,14,23H,8-13H2,1-3H3,(H2,21,22);1H. The van der Waals surface area contributed by atoms with Gasteiger partial charge in [0, 0.05) is 49.8 Å². The second-order valence-electron chi connectivity index (χ2n) is 7.80. The monoisotopic (exact) mass is 499 g/mol. The number of benzene rings is 1. The number of nitrogens with two attached hydrogens (primary N) is 1. The number of nitrogens with zero attached hydrogens (tertiary/aromatic N) is 3. The molecule has 1 aliphatic heterocycles. The molecule has 0 saturated carbocycles. The van der Waals surface area contributed by atoms with Crippen molar-refractivity contribution in [3.63, 3.8) is 0 Å². The van der Waals surface area contributed by atoms with Crippen molar-refractivity contribution in [2.45, 2.75) is 32.8 Å². The Morgan fingerprint density at radius 2 is 1.82 bits per heavy atom. The minimum absolute atomic E-state index is 0. The van der Waals surface area contributed by atoms with Crippen molar-refractivity contribution in [2.75, 3.05) is 32.7 Å². The van der Waals surface area contributed by atoms with Crippen molar-refractivity contribution in [1.29, 1.82) is 0 Å². The van der Waals surface area contributed by atoms with E-state index in [2.05, 4.69) is 22.1 Å². The largest absolute Gasteiger partial charge is 0.444 e. The summed E-state index contributed by atoms with van der Waals surface area (Å²) >= 11 is 0. The molecule has 1 amide bonds. The zero-order valence-electron chi connectivity index (χ0n) is 16.8. The topological polar surface area (TPSA) is 86.9 Å². The number of fused-ring (bicyclic) bond motifs is 1. The number of aromatic amines is 1. The molecule has 0 aliphatic carbocycles. The van der Waals surface area contributed by atoms with Gasteiger partial charge in [-0.05, 0) is 38.8 Å². The van der Waals surface area contributed by atoms with E-state index in [1.54, 1.807) is 4.90 Å². The summed E-state index contributed by atoms with van der Waals surface area (Å²) in [7, 11) is 0. The molecule has 0 atom stereocenters. The van der Waals surface area contributed by atoms with Crippen LogP contribution in [0, 0.1) is 0 Å². The number of ether oxygens (including phenoxy) is 1. The number of rotatable bonds is 3. The summed E-state index contributed by atoms with van der Waals surface area (Å²) in [5, 5.41) is 1.23. The Kier molecular flexibility index (Phi) is 7.56. The highest BCUT2D eigenvalue weighted by atomic mass is 127. The fourth-order valence-electron chi connectivity index (χ4n) is 3.17. The van der Waals surface area contributed by atoms with Crippen LogP contribution >= 0.6 is 24.0 Å². The van der Waals surface area contributed by atoms with E-state index in [4.69, 9.17) is 10.5 Å². The van der Waals surface area contributed by atoms with Gasteiger partial charge in [0.2, 0.25) is 0 Å². The number of amides is 1. The first-order valence-corrected chi connectivity index (χ1v) is 9.41. The number of aliphatic imine (C=N–C) groups is 1. The maximum absolute atomic E-state index is 12.1. The highest BCUT2D eigenvalue weighted by molar-refractivity contribution is 14.0. The number of hydrogen-bond donors (Lipinski definition) is 2. The summed E-state index contributed by atoms with van der Waals surface area (Å²) < 4.78 is 5.42. The van der Waals surface area contributed by atoms with Gasteiger partial charge in [-0.2, -0.15) is 0 Å². The van der Waals surface area contributed by atoms with Crippen LogP contribution in [0.4, 0.5) is 4.79 Å². The molecule has 2 heterocycles. The predicted molar refractivity (Wildman–Crippen MR) is 123 cm³/mol. The van der Waals surface area contributed by atoms with Crippen LogP contribution in [-0.4, -0.2) is 65.2 Å². The Hall–Kier alpha value is -1.97. The second-order valence-corrected chi connectivity index (χ2v) is 7.80. The zero-order chi connectivity index (χ0) is 19.4. The molecule has 0 radical (unpaired) electrons. The molecule has 0 bridgehead atoms. The van der Waals surface area contributed by atoms with Crippen LogP contribution in [0.25, 0.3) is 10.9 Å². The molecule has 1 fully saturated rings. The Labute approximate surface area is 183 Å². The Bertz CT molecular complexity index is 819. The normalized spacial score (nSPS) is 15.5. The third-order valence-electron chi connectivity index (χ3n) is 4.59. The highest BCUT2D eigenvalue weighted by Gasteiger charge is 2.26. The molecular formula is C20H30IN5O2. The van der Waals surface area contributed by atoms with Gasteiger partial charge in [0.25, 0.3) is 0 Å². The number of halogens is 1. The highest BCUT2D eigenvalue weighted by Crippen LogP contribution is 2.18. The fraction of sp³-hybridized carbons (Fsp3) is 0.500. The minimum atomic E-state index is -0.475. The summed E-state index contributed by atoms with van der Waals surface area (Å²) in [6.07, 6.45) is 2.61. The van der Waals surface area contributed by atoms with Crippen LogP contribution in [0.1, 0.15) is 26.3 Å². The number of aromatic nitrogens is 1. The van der Waals surface area contributed by atoms with Crippen molar-refractivity contribution in [1.82, 2.24) is 14.8 Å². The Balaban J connectivity index is 0.00000280. The number of hydrogen-bond acceptors (Lipinski definition) is 3. The van der Waals surface area contributed by atoms with Gasteiger partial charge >= 0.3 is 6.09 Å². The van der Waals surface area contributed by atoms with Gasteiger partial charge in [0.1, 0.15) is 5.60 Å². The maximum atomic E-state index is 12.1. The molecule has 1 aromatic carbocycles. The molecule has 0 spiro atoms. The molecule has 7 nitrogen and oxygen atoms in total. The lowest BCUT2D eigenvalue weighted by atomic mass is 10.1. The molecule has 1 aromatic heterocycles. The van der Waals surface area contributed by atoms with Crippen LogP contribution in [0.2, 0.25) is 0 Å². The van der Waals surface area contributed by atoms with Crippen molar-refractivity contribution < 1.29 is 9.53 Å². The van der Waals surface area contributed by atoms with Crippen LogP contribution in [0.5, 0.6) is 0 Å². The van der Waals surface area contributed by atoms with Crippen molar-refractivity contribution >= 4 is 46.9 Å². The van der Waals surface area contributed by atoms with Crippen molar-refractivity contribution in [2.24, 2.45) is 10.7 Å². The number of nitrogens with one attached hydrogen (secondary N) is 1. The average Bonchev–Trinajstić information content (AvgIpc) is 3.04. The Morgan fingerprint density at radius 3 is 2.50 bits per heavy atom. The lowest BCUT2D eigenvalue weighted by Gasteiger charge is -2.36. The molecule has 3 N–H and O–H groups in total. The molecular weight excluding hydrogens is 469 g/mol. The van der Waals surface area contributed by atoms with Crippen LogP contribution < -0.4 is 5.73 Å². The van der Waals surface area contributed by atoms with Crippen LogP contribution in [0.15, 0.2) is 35.5 Å². The van der Waals surface area contributed by atoms with Gasteiger partial charge in [0.15, 0.2) is 5.96 Å². The molecule has 1 aliphatic rings. The first kappa shape index (κ1) is 22.3. The third kappa shape index (κ3) is 5.76. The summed E-state index contributed by atoms with van der Waals surface area (Å²) in [5.74, 6) is 0.540. The van der Waals surface area contributed by atoms with Crippen molar-refractivity contribution in [3.05, 3.63) is 36.0 Å². The number of para-hydroxylation sites is 1. The van der Waals surface area contributed by atoms with E-state index >= 15 is 0 Å². The quantitative estimate of drug-likeness (QED) is 0.386. The van der Waals surface area contributed by atoms with E-state index in [0.717, 1.165) is 11.9 Å². The molecule has 1 saturated heterocycles. The average molecular weight is 499 g/mol. The van der Waals surface area contributed by atoms with Gasteiger partial charge in [-0.3, -0.25) is 4.99 Å².